The van der Waals surface area contributed by atoms with E-state index in [-0.39, 0.29) is 0 Å². The number of nitrogens with zero attached hydrogens (tertiary/aromatic N) is 2. The second-order valence-corrected chi connectivity index (χ2v) is 8.93. The van der Waals surface area contributed by atoms with E-state index in [1.54, 1.807) is 0 Å². The van der Waals surface area contributed by atoms with Crippen molar-refractivity contribution < 1.29 is 4.57 Å². The number of hydrogen-bond acceptors (Lipinski definition) is 0. The predicted molar refractivity (Wildman–Crippen MR) is 124 cm³/mol. The van der Waals surface area contributed by atoms with Gasteiger partial charge < -0.3 is 0 Å². The molecule has 0 aliphatic carbocycles. The average molecular weight is 392 g/mol. The summed E-state index contributed by atoms with van der Waals surface area (Å²) in [5.41, 5.74) is 0. The summed E-state index contributed by atoms with van der Waals surface area (Å²) in [6, 6.07) is 0. The second-order valence-electron chi connectivity index (χ2n) is 8.93. The second kappa shape index (κ2) is 18.3. The molecule has 1 aromatic heterocycles. The minimum absolute atomic E-state index is 1.21. The first-order chi connectivity index (χ1) is 13.8. The van der Waals surface area contributed by atoms with E-state index in [9.17, 15) is 0 Å². The quantitative estimate of drug-likeness (QED) is 0.158. The molecule has 0 aliphatic heterocycles. The maximum atomic E-state index is 2.52. The molecule has 0 fully saturated rings. The molecule has 0 N–H and O–H groups in total. The van der Waals surface area contributed by atoms with Gasteiger partial charge in [0, 0.05) is 6.42 Å². The van der Waals surface area contributed by atoms with Gasteiger partial charge in [-0.3, -0.25) is 0 Å². The molecule has 2 nitrogen and oxygen atoms in total. The topological polar surface area (TPSA) is 8.81 Å². The molecule has 0 saturated heterocycles. The largest absolute Gasteiger partial charge is 0.256 e. The highest BCUT2D eigenvalue weighted by Crippen LogP contribution is 2.13. The van der Waals surface area contributed by atoms with Gasteiger partial charge in [-0.25, -0.2) is 9.13 Å². The Bertz CT molecular complexity index is 449. The van der Waals surface area contributed by atoms with Crippen molar-refractivity contribution >= 4 is 0 Å². The molecule has 0 saturated carbocycles. The molecule has 0 aromatic carbocycles. The monoisotopic (exact) mass is 391 g/mol. The molecule has 0 aliphatic rings. The Labute approximate surface area is 177 Å². The van der Waals surface area contributed by atoms with E-state index < -0.39 is 0 Å². The van der Waals surface area contributed by atoms with Gasteiger partial charge in [0.2, 0.25) is 0 Å². The van der Waals surface area contributed by atoms with Gasteiger partial charge in [0.05, 0.1) is 13.6 Å². The van der Waals surface area contributed by atoms with Crippen molar-refractivity contribution in [1.29, 1.82) is 0 Å². The van der Waals surface area contributed by atoms with Crippen LogP contribution in [0.2, 0.25) is 0 Å². The highest BCUT2D eigenvalue weighted by molar-refractivity contribution is 4.84. The molecule has 164 valence electrons. The molecule has 1 aromatic rings. The van der Waals surface area contributed by atoms with Crippen LogP contribution in [0.5, 0.6) is 0 Å². The molecule has 28 heavy (non-hydrogen) atoms. The van der Waals surface area contributed by atoms with Gasteiger partial charge in [0.1, 0.15) is 12.4 Å². The lowest BCUT2D eigenvalue weighted by Crippen LogP contribution is -2.32. The molecule has 0 spiro atoms. The standard InChI is InChI=1S/C26H51N2/c1-4-6-8-10-12-13-14-15-17-19-21-23-28-25-24-27(3)26(28)22-20-18-16-11-9-7-5-2/h24-25H,4-23H2,1-3H3/q+1. The highest BCUT2D eigenvalue weighted by atomic mass is 15.1. The van der Waals surface area contributed by atoms with Crippen LogP contribution in [0.4, 0.5) is 0 Å². The summed E-state index contributed by atoms with van der Waals surface area (Å²) >= 11 is 0. The van der Waals surface area contributed by atoms with Crippen molar-refractivity contribution in [3.63, 3.8) is 0 Å². The molecule has 0 atom stereocenters. The zero-order valence-corrected chi connectivity index (χ0v) is 19.7. The number of aromatic nitrogens is 2. The summed E-state index contributed by atoms with van der Waals surface area (Å²) in [5.74, 6) is 1.53. The number of rotatable bonds is 20. The third kappa shape index (κ3) is 12.6. The number of aryl methyl sites for hydroxylation is 2. The van der Waals surface area contributed by atoms with Gasteiger partial charge in [-0.2, -0.15) is 0 Å². The van der Waals surface area contributed by atoms with E-state index in [0.717, 1.165) is 0 Å². The molecular weight excluding hydrogens is 340 g/mol. The zero-order chi connectivity index (χ0) is 20.3. The third-order valence-corrected chi connectivity index (χ3v) is 6.22. The van der Waals surface area contributed by atoms with Crippen LogP contribution in [-0.2, 0) is 20.0 Å². The van der Waals surface area contributed by atoms with E-state index in [2.05, 4.69) is 42.4 Å². The first-order valence-corrected chi connectivity index (χ1v) is 12.8. The lowest BCUT2D eigenvalue weighted by Gasteiger charge is -2.05. The van der Waals surface area contributed by atoms with Crippen LogP contribution in [-0.4, -0.2) is 4.57 Å². The normalized spacial score (nSPS) is 11.4. The Morgan fingerprint density at radius 1 is 0.607 bits per heavy atom. The summed E-state index contributed by atoms with van der Waals surface area (Å²) in [6.45, 7) is 5.81. The van der Waals surface area contributed by atoms with E-state index in [4.69, 9.17) is 0 Å². The maximum Gasteiger partial charge on any atom is 0.256 e. The van der Waals surface area contributed by atoms with Crippen molar-refractivity contribution in [3.8, 4) is 0 Å². The van der Waals surface area contributed by atoms with Gasteiger partial charge >= 0.3 is 0 Å². The Hall–Kier alpha value is -0.790. The van der Waals surface area contributed by atoms with Gasteiger partial charge in [-0.05, 0) is 19.3 Å². The van der Waals surface area contributed by atoms with Crippen LogP contribution in [0.25, 0.3) is 0 Å². The predicted octanol–water partition coefficient (Wildman–Crippen LogP) is 7.92. The molecular formula is C26H51N2+. The molecule has 0 amide bonds. The fourth-order valence-electron chi connectivity index (χ4n) is 4.27. The van der Waals surface area contributed by atoms with E-state index >= 15 is 0 Å². The average Bonchev–Trinajstić information content (AvgIpc) is 3.05. The summed E-state index contributed by atoms with van der Waals surface area (Å²) in [6.07, 6.45) is 31.3. The van der Waals surface area contributed by atoms with E-state index in [1.807, 2.05) is 0 Å². The van der Waals surface area contributed by atoms with Crippen LogP contribution in [0, 0.1) is 0 Å². The first-order valence-electron chi connectivity index (χ1n) is 12.8. The smallest absolute Gasteiger partial charge is 0.237 e. The molecule has 2 heteroatoms. The molecule has 0 radical (unpaired) electrons. The SMILES string of the molecule is CCCCCCCCCCCCCn1cc[n+](C)c1CCCCCCCCC. The van der Waals surface area contributed by atoms with Crippen LogP contribution >= 0.6 is 0 Å². The minimum Gasteiger partial charge on any atom is -0.237 e. The minimum atomic E-state index is 1.21. The number of unbranched alkanes of at least 4 members (excludes halogenated alkanes) is 16. The van der Waals surface area contributed by atoms with Crippen molar-refractivity contribution in [2.24, 2.45) is 7.05 Å². The van der Waals surface area contributed by atoms with Crippen LogP contribution in [0.15, 0.2) is 12.4 Å². The summed E-state index contributed by atoms with van der Waals surface area (Å²) in [5, 5.41) is 0. The number of hydrogen-bond donors (Lipinski definition) is 0. The Morgan fingerprint density at radius 2 is 1.04 bits per heavy atom. The van der Waals surface area contributed by atoms with Crippen molar-refractivity contribution in [2.45, 2.75) is 142 Å². The Kier molecular flexibility index (Phi) is 16.5. The zero-order valence-electron chi connectivity index (χ0n) is 19.7. The molecule has 0 bridgehead atoms. The molecule has 1 heterocycles. The van der Waals surface area contributed by atoms with Crippen LogP contribution in [0.1, 0.15) is 135 Å². The van der Waals surface area contributed by atoms with E-state index in [0.29, 0.717) is 0 Å². The van der Waals surface area contributed by atoms with Gasteiger partial charge in [-0.15, -0.1) is 0 Å². The maximum absolute atomic E-state index is 2.52. The van der Waals surface area contributed by atoms with Gasteiger partial charge in [0.15, 0.2) is 0 Å². The van der Waals surface area contributed by atoms with E-state index in [1.165, 1.54) is 134 Å². The Balaban J connectivity index is 2.04. The summed E-state index contributed by atoms with van der Waals surface area (Å²) in [4.78, 5) is 0. The highest BCUT2D eigenvalue weighted by Gasteiger charge is 2.13. The lowest BCUT2D eigenvalue weighted by atomic mass is 10.1. The fraction of sp³-hybridized carbons (Fsp3) is 0.885. The summed E-state index contributed by atoms with van der Waals surface area (Å²) < 4.78 is 4.86. The van der Waals surface area contributed by atoms with Crippen molar-refractivity contribution in [2.75, 3.05) is 0 Å². The molecule has 1 rings (SSSR count). The summed E-state index contributed by atoms with van der Waals surface area (Å²) in [7, 11) is 2.22. The fourth-order valence-corrected chi connectivity index (χ4v) is 4.27. The van der Waals surface area contributed by atoms with Crippen molar-refractivity contribution in [1.82, 2.24) is 4.57 Å². The lowest BCUT2D eigenvalue weighted by molar-refractivity contribution is -0.678. The van der Waals surface area contributed by atoms with Crippen LogP contribution < -0.4 is 4.57 Å². The van der Waals surface area contributed by atoms with Crippen molar-refractivity contribution in [3.05, 3.63) is 18.2 Å². The Morgan fingerprint density at radius 3 is 1.54 bits per heavy atom. The third-order valence-electron chi connectivity index (χ3n) is 6.22. The number of imidazole rings is 1. The van der Waals surface area contributed by atoms with Gasteiger partial charge in [0.25, 0.3) is 5.82 Å². The van der Waals surface area contributed by atoms with Gasteiger partial charge in [-0.1, -0.05) is 110 Å². The van der Waals surface area contributed by atoms with Crippen LogP contribution in [0.3, 0.4) is 0 Å². The first kappa shape index (κ1) is 25.2. The molecule has 0 unspecified atom stereocenters.